The van der Waals surface area contributed by atoms with E-state index in [1.807, 2.05) is 19.9 Å². The van der Waals surface area contributed by atoms with Crippen molar-refractivity contribution in [3.05, 3.63) is 17.5 Å². The summed E-state index contributed by atoms with van der Waals surface area (Å²) in [6.45, 7) is 4.97. The average Bonchev–Trinajstić information content (AvgIpc) is 3.37. The van der Waals surface area contributed by atoms with Crippen molar-refractivity contribution >= 4 is 33.3 Å². The fourth-order valence-electron chi connectivity index (χ4n) is 3.90. The van der Waals surface area contributed by atoms with Crippen molar-refractivity contribution in [2.75, 3.05) is 30.4 Å². The molecule has 0 aliphatic carbocycles. The van der Waals surface area contributed by atoms with E-state index < -0.39 is 9.84 Å². The number of carbonyl (C=O) groups is 1. The van der Waals surface area contributed by atoms with Gasteiger partial charge in [-0.2, -0.15) is 4.98 Å². The summed E-state index contributed by atoms with van der Waals surface area (Å²) in [4.78, 5) is 23.5. The SMILES string of the molecule is Cc1cc(C)n2nc(SCC(=O)N(CC3CCCO3)C3CCS(=O)(=O)C3)nc2n1. The number of amides is 1. The van der Waals surface area contributed by atoms with Gasteiger partial charge in [-0.05, 0) is 39.2 Å². The zero-order chi connectivity index (χ0) is 20.6. The van der Waals surface area contributed by atoms with E-state index in [0.29, 0.717) is 30.5 Å². The number of fused-ring (bicyclic) bond motifs is 1. The van der Waals surface area contributed by atoms with Crippen LogP contribution in [0.3, 0.4) is 0 Å². The molecule has 2 aliphatic heterocycles. The molecule has 4 rings (SSSR count). The lowest BCUT2D eigenvalue weighted by Gasteiger charge is -2.30. The quantitative estimate of drug-likeness (QED) is 0.614. The number of ether oxygens (including phenoxy) is 1. The van der Waals surface area contributed by atoms with Crippen LogP contribution in [0.25, 0.3) is 5.78 Å². The van der Waals surface area contributed by atoms with Gasteiger partial charge in [0, 0.05) is 30.6 Å². The number of hydrogen-bond acceptors (Lipinski definition) is 8. The van der Waals surface area contributed by atoms with E-state index in [1.54, 1.807) is 9.42 Å². The number of hydrogen-bond donors (Lipinski definition) is 0. The van der Waals surface area contributed by atoms with Crippen molar-refractivity contribution in [3.8, 4) is 0 Å². The van der Waals surface area contributed by atoms with E-state index in [9.17, 15) is 13.2 Å². The average molecular weight is 440 g/mol. The maximum absolute atomic E-state index is 13.0. The Morgan fingerprint density at radius 2 is 2.17 bits per heavy atom. The fraction of sp³-hybridized carbons (Fsp3) is 0.667. The Balaban J connectivity index is 1.46. The van der Waals surface area contributed by atoms with Crippen LogP contribution in [0.15, 0.2) is 11.2 Å². The van der Waals surface area contributed by atoms with Crippen LogP contribution in [0, 0.1) is 13.8 Å². The fourth-order valence-corrected chi connectivity index (χ4v) is 6.34. The molecular formula is C18H25N5O4S2. The van der Waals surface area contributed by atoms with Crippen LogP contribution in [-0.2, 0) is 19.4 Å². The molecule has 0 N–H and O–H groups in total. The van der Waals surface area contributed by atoms with Crippen molar-refractivity contribution in [2.45, 2.75) is 50.4 Å². The third kappa shape index (κ3) is 4.72. The summed E-state index contributed by atoms with van der Waals surface area (Å²) in [5, 5.41) is 4.91. The first-order chi connectivity index (χ1) is 13.8. The number of thioether (sulfide) groups is 1. The van der Waals surface area contributed by atoms with Crippen LogP contribution in [0.4, 0.5) is 0 Å². The highest BCUT2D eigenvalue weighted by Gasteiger charge is 2.36. The highest BCUT2D eigenvalue weighted by atomic mass is 32.2. The van der Waals surface area contributed by atoms with E-state index in [4.69, 9.17) is 4.74 Å². The highest BCUT2D eigenvalue weighted by molar-refractivity contribution is 7.99. The lowest BCUT2D eigenvalue weighted by atomic mass is 10.1. The monoisotopic (exact) mass is 439 g/mol. The molecule has 2 aromatic heterocycles. The minimum atomic E-state index is -3.08. The van der Waals surface area contributed by atoms with Crippen LogP contribution >= 0.6 is 11.8 Å². The minimum Gasteiger partial charge on any atom is -0.376 e. The molecule has 2 unspecified atom stereocenters. The van der Waals surface area contributed by atoms with Crippen LogP contribution < -0.4 is 0 Å². The number of aromatic nitrogens is 4. The smallest absolute Gasteiger partial charge is 0.253 e. The maximum atomic E-state index is 13.0. The van der Waals surface area contributed by atoms with Gasteiger partial charge in [0.25, 0.3) is 5.78 Å². The van der Waals surface area contributed by atoms with E-state index in [-0.39, 0.29) is 35.3 Å². The van der Waals surface area contributed by atoms with Crippen molar-refractivity contribution < 1.29 is 17.9 Å². The number of nitrogens with zero attached hydrogens (tertiary/aromatic N) is 5. The molecule has 2 fully saturated rings. The second-order valence-electron chi connectivity index (χ2n) is 7.67. The van der Waals surface area contributed by atoms with Crippen LogP contribution in [0.1, 0.15) is 30.7 Å². The molecule has 0 radical (unpaired) electrons. The molecular weight excluding hydrogens is 414 g/mol. The number of rotatable bonds is 6. The summed E-state index contributed by atoms with van der Waals surface area (Å²) in [6, 6.07) is 1.64. The predicted octanol–water partition coefficient (Wildman–Crippen LogP) is 1.03. The van der Waals surface area contributed by atoms with Gasteiger partial charge < -0.3 is 9.64 Å². The molecule has 0 aromatic carbocycles. The van der Waals surface area contributed by atoms with Gasteiger partial charge in [0.2, 0.25) is 11.1 Å². The molecule has 0 saturated carbocycles. The lowest BCUT2D eigenvalue weighted by Crippen LogP contribution is -2.46. The van der Waals surface area contributed by atoms with Gasteiger partial charge in [0.05, 0.1) is 23.4 Å². The van der Waals surface area contributed by atoms with E-state index in [1.165, 1.54) is 11.8 Å². The van der Waals surface area contributed by atoms with E-state index in [2.05, 4.69) is 15.1 Å². The summed E-state index contributed by atoms with van der Waals surface area (Å²) in [5.74, 6) is 0.727. The molecule has 2 aromatic rings. The standard InChI is InChI=1S/C18H25N5O4S2/c1-12-8-13(2)23-17(19-12)20-18(21-23)28-10-16(24)22(9-15-4-3-6-27-15)14-5-7-29(25,26)11-14/h8,14-15H,3-7,9-11H2,1-2H3. The third-order valence-electron chi connectivity index (χ3n) is 5.32. The molecule has 2 atom stereocenters. The predicted molar refractivity (Wildman–Crippen MR) is 109 cm³/mol. The van der Waals surface area contributed by atoms with Gasteiger partial charge in [-0.1, -0.05) is 11.8 Å². The second kappa shape index (κ2) is 8.19. The summed E-state index contributed by atoms with van der Waals surface area (Å²) in [6.07, 6.45) is 2.34. The molecule has 1 amide bonds. The zero-order valence-corrected chi connectivity index (χ0v) is 18.2. The van der Waals surface area contributed by atoms with Crippen molar-refractivity contribution in [3.63, 3.8) is 0 Å². The van der Waals surface area contributed by atoms with E-state index >= 15 is 0 Å². The van der Waals surface area contributed by atoms with Gasteiger partial charge in [-0.25, -0.2) is 17.9 Å². The summed E-state index contributed by atoms with van der Waals surface area (Å²) in [7, 11) is -3.08. The Morgan fingerprint density at radius 3 is 2.86 bits per heavy atom. The molecule has 2 aliphatic rings. The van der Waals surface area contributed by atoms with Crippen molar-refractivity contribution in [2.24, 2.45) is 0 Å². The summed E-state index contributed by atoms with van der Waals surface area (Å²) in [5.41, 5.74) is 1.79. The van der Waals surface area contributed by atoms with Gasteiger partial charge >= 0.3 is 0 Å². The zero-order valence-electron chi connectivity index (χ0n) is 16.6. The first-order valence-corrected chi connectivity index (χ1v) is 12.6. The Labute approximate surface area is 174 Å². The first-order valence-electron chi connectivity index (χ1n) is 9.76. The van der Waals surface area contributed by atoms with Crippen LogP contribution in [0.2, 0.25) is 0 Å². The van der Waals surface area contributed by atoms with Gasteiger partial charge in [-0.15, -0.1) is 5.10 Å². The maximum Gasteiger partial charge on any atom is 0.253 e. The Bertz CT molecular complexity index is 1020. The molecule has 11 heteroatoms. The molecule has 0 spiro atoms. The summed E-state index contributed by atoms with van der Waals surface area (Å²) < 4.78 is 31.2. The van der Waals surface area contributed by atoms with E-state index in [0.717, 1.165) is 24.2 Å². The molecule has 2 saturated heterocycles. The molecule has 9 nitrogen and oxygen atoms in total. The topological polar surface area (TPSA) is 107 Å². The van der Waals surface area contributed by atoms with Crippen LogP contribution in [0.5, 0.6) is 0 Å². The number of aryl methyl sites for hydroxylation is 2. The molecule has 158 valence electrons. The third-order valence-corrected chi connectivity index (χ3v) is 7.89. The van der Waals surface area contributed by atoms with Gasteiger partial charge in [0.15, 0.2) is 9.84 Å². The van der Waals surface area contributed by atoms with Crippen molar-refractivity contribution in [1.29, 1.82) is 0 Å². The highest BCUT2D eigenvalue weighted by Crippen LogP contribution is 2.23. The number of sulfone groups is 1. The van der Waals surface area contributed by atoms with Crippen LogP contribution in [-0.4, -0.2) is 81.4 Å². The summed E-state index contributed by atoms with van der Waals surface area (Å²) >= 11 is 1.25. The Morgan fingerprint density at radius 1 is 1.34 bits per heavy atom. The Kier molecular flexibility index (Phi) is 5.80. The van der Waals surface area contributed by atoms with Gasteiger partial charge in [-0.3, -0.25) is 4.79 Å². The Hall–Kier alpha value is -1.72. The molecule has 4 heterocycles. The second-order valence-corrected chi connectivity index (χ2v) is 10.8. The normalized spacial score (nSPS) is 23.7. The van der Waals surface area contributed by atoms with Crippen molar-refractivity contribution in [1.82, 2.24) is 24.5 Å². The molecule has 29 heavy (non-hydrogen) atoms. The largest absolute Gasteiger partial charge is 0.376 e. The molecule has 0 bridgehead atoms. The number of carbonyl (C=O) groups excluding carboxylic acids is 1. The minimum absolute atomic E-state index is 0.0182. The first kappa shape index (κ1) is 20.5. The van der Waals surface area contributed by atoms with Gasteiger partial charge in [0.1, 0.15) is 0 Å². The lowest BCUT2D eigenvalue weighted by molar-refractivity contribution is -0.131.